The Morgan fingerprint density at radius 1 is 1.29 bits per heavy atom. The first-order chi connectivity index (χ1) is 9.93. The molecule has 3 N–H and O–H groups in total. The van der Waals surface area contributed by atoms with E-state index in [1.165, 1.54) is 6.20 Å². The van der Waals surface area contributed by atoms with Gasteiger partial charge in [-0.1, -0.05) is 13.8 Å². The van der Waals surface area contributed by atoms with Crippen molar-refractivity contribution in [2.24, 2.45) is 5.92 Å². The molecule has 1 aromatic rings. The van der Waals surface area contributed by atoms with E-state index in [4.69, 9.17) is 0 Å². The number of nitrogens with zero attached hydrogens (tertiary/aromatic N) is 1. The Labute approximate surface area is 125 Å². The van der Waals surface area contributed by atoms with E-state index in [0.29, 0.717) is 24.6 Å². The van der Waals surface area contributed by atoms with Gasteiger partial charge in [-0.05, 0) is 18.9 Å². The SMILES string of the molecule is CNc1cc(C)ncc1C(=O)NCCC(=O)NCC(C)C. The molecule has 0 saturated carbocycles. The molecule has 0 radical (unpaired) electrons. The summed E-state index contributed by atoms with van der Waals surface area (Å²) in [6, 6.07) is 1.81. The molecule has 1 heterocycles. The van der Waals surface area contributed by atoms with Gasteiger partial charge in [0.15, 0.2) is 0 Å². The van der Waals surface area contributed by atoms with E-state index in [1.54, 1.807) is 7.05 Å². The van der Waals surface area contributed by atoms with Crippen LogP contribution in [0.25, 0.3) is 0 Å². The second-order valence-corrected chi connectivity index (χ2v) is 5.33. The van der Waals surface area contributed by atoms with Crippen LogP contribution in [-0.4, -0.2) is 36.9 Å². The van der Waals surface area contributed by atoms with Gasteiger partial charge in [0.25, 0.3) is 5.91 Å². The second-order valence-electron chi connectivity index (χ2n) is 5.33. The summed E-state index contributed by atoms with van der Waals surface area (Å²) in [5.74, 6) is 0.128. The zero-order valence-corrected chi connectivity index (χ0v) is 13.1. The van der Waals surface area contributed by atoms with Crippen LogP contribution in [0, 0.1) is 12.8 Å². The third kappa shape index (κ3) is 5.81. The Kier molecular flexibility index (Phi) is 6.65. The smallest absolute Gasteiger partial charge is 0.254 e. The molecule has 0 fully saturated rings. The number of amides is 2. The number of aryl methyl sites for hydroxylation is 1. The van der Waals surface area contributed by atoms with Gasteiger partial charge in [-0.25, -0.2) is 0 Å². The van der Waals surface area contributed by atoms with Crippen LogP contribution in [0.5, 0.6) is 0 Å². The summed E-state index contributed by atoms with van der Waals surface area (Å²) in [7, 11) is 1.75. The molecule has 0 aliphatic heterocycles. The molecular formula is C15H24N4O2. The highest BCUT2D eigenvalue weighted by Gasteiger charge is 2.12. The van der Waals surface area contributed by atoms with Crippen molar-refractivity contribution in [2.75, 3.05) is 25.5 Å². The molecule has 0 spiro atoms. The summed E-state index contributed by atoms with van der Waals surface area (Å²) in [5.41, 5.74) is 2.04. The molecule has 0 bridgehead atoms. The van der Waals surface area contributed by atoms with Gasteiger partial charge in [0, 0.05) is 38.4 Å². The Hall–Kier alpha value is -2.11. The van der Waals surface area contributed by atoms with Crippen molar-refractivity contribution in [3.05, 3.63) is 23.5 Å². The highest BCUT2D eigenvalue weighted by atomic mass is 16.2. The molecule has 0 aromatic carbocycles. The van der Waals surface area contributed by atoms with Gasteiger partial charge in [0.05, 0.1) is 11.3 Å². The van der Waals surface area contributed by atoms with E-state index in [-0.39, 0.29) is 18.2 Å². The Bertz CT molecular complexity index is 500. The van der Waals surface area contributed by atoms with Crippen molar-refractivity contribution in [3.63, 3.8) is 0 Å². The predicted octanol–water partition coefficient (Wildman–Crippen LogP) is 1.32. The van der Waals surface area contributed by atoms with E-state index in [0.717, 1.165) is 11.4 Å². The second kappa shape index (κ2) is 8.24. The fourth-order valence-corrected chi connectivity index (χ4v) is 1.74. The summed E-state index contributed by atoms with van der Waals surface area (Å²) in [5, 5.41) is 8.51. The summed E-state index contributed by atoms with van der Waals surface area (Å²) in [6.45, 7) is 6.89. The van der Waals surface area contributed by atoms with Crippen molar-refractivity contribution in [2.45, 2.75) is 27.2 Å². The first kappa shape index (κ1) is 16.9. The number of anilines is 1. The molecule has 0 saturated heterocycles. The predicted molar refractivity (Wildman–Crippen MR) is 83.3 cm³/mol. The van der Waals surface area contributed by atoms with Crippen LogP contribution in [-0.2, 0) is 4.79 Å². The van der Waals surface area contributed by atoms with Crippen molar-refractivity contribution < 1.29 is 9.59 Å². The molecule has 0 unspecified atom stereocenters. The molecule has 0 aliphatic rings. The molecule has 2 amide bonds. The third-order valence-corrected chi connectivity index (χ3v) is 2.90. The number of rotatable bonds is 7. The lowest BCUT2D eigenvalue weighted by molar-refractivity contribution is -0.121. The number of carbonyl (C=O) groups excluding carboxylic acids is 2. The van der Waals surface area contributed by atoms with Crippen LogP contribution in [0.4, 0.5) is 5.69 Å². The van der Waals surface area contributed by atoms with Crippen LogP contribution in [0.1, 0.15) is 36.3 Å². The monoisotopic (exact) mass is 292 g/mol. The molecule has 6 heteroatoms. The highest BCUT2D eigenvalue weighted by Crippen LogP contribution is 2.14. The minimum Gasteiger partial charge on any atom is -0.387 e. The maximum atomic E-state index is 12.1. The van der Waals surface area contributed by atoms with Gasteiger partial charge in [-0.2, -0.15) is 0 Å². The zero-order valence-electron chi connectivity index (χ0n) is 13.1. The van der Waals surface area contributed by atoms with Gasteiger partial charge < -0.3 is 16.0 Å². The number of carbonyl (C=O) groups is 2. The number of pyridine rings is 1. The third-order valence-electron chi connectivity index (χ3n) is 2.90. The Morgan fingerprint density at radius 3 is 2.62 bits per heavy atom. The van der Waals surface area contributed by atoms with Crippen LogP contribution in [0.2, 0.25) is 0 Å². The Balaban J connectivity index is 2.46. The molecule has 21 heavy (non-hydrogen) atoms. The molecular weight excluding hydrogens is 268 g/mol. The largest absolute Gasteiger partial charge is 0.387 e. The van der Waals surface area contributed by atoms with Gasteiger partial charge in [-0.3, -0.25) is 14.6 Å². The number of hydrogen-bond acceptors (Lipinski definition) is 4. The molecule has 0 atom stereocenters. The fourth-order valence-electron chi connectivity index (χ4n) is 1.74. The molecule has 0 aliphatic carbocycles. The van der Waals surface area contributed by atoms with E-state index in [1.807, 2.05) is 26.8 Å². The van der Waals surface area contributed by atoms with Gasteiger partial charge in [0.1, 0.15) is 0 Å². The van der Waals surface area contributed by atoms with Crippen LogP contribution in [0.15, 0.2) is 12.3 Å². The number of aromatic nitrogens is 1. The Morgan fingerprint density at radius 2 is 2.00 bits per heavy atom. The first-order valence-electron chi connectivity index (χ1n) is 7.13. The quantitative estimate of drug-likeness (QED) is 0.708. The van der Waals surface area contributed by atoms with Gasteiger partial charge in [0.2, 0.25) is 5.91 Å². The van der Waals surface area contributed by atoms with E-state index in [2.05, 4.69) is 20.9 Å². The maximum absolute atomic E-state index is 12.1. The van der Waals surface area contributed by atoms with E-state index < -0.39 is 0 Å². The zero-order chi connectivity index (χ0) is 15.8. The summed E-state index contributed by atoms with van der Waals surface area (Å²) in [4.78, 5) is 27.7. The first-order valence-corrected chi connectivity index (χ1v) is 7.13. The van der Waals surface area contributed by atoms with Crippen molar-refractivity contribution in [1.29, 1.82) is 0 Å². The standard InChI is InChI=1S/C15H24N4O2/c1-10(2)8-19-14(20)5-6-17-15(21)12-9-18-11(3)7-13(12)16-4/h7,9-10H,5-6,8H2,1-4H3,(H,16,18)(H,17,21)(H,19,20). The number of hydrogen-bond donors (Lipinski definition) is 3. The van der Waals surface area contributed by atoms with Crippen LogP contribution < -0.4 is 16.0 Å². The molecule has 6 nitrogen and oxygen atoms in total. The topological polar surface area (TPSA) is 83.1 Å². The summed E-state index contributed by atoms with van der Waals surface area (Å²) in [6.07, 6.45) is 1.81. The minimum absolute atomic E-state index is 0.0557. The molecule has 1 aromatic heterocycles. The van der Waals surface area contributed by atoms with Crippen LogP contribution >= 0.6 is 0 Å². The lowest BCUT2D eigenvalue weighted by atomic mass is 10.2. The minimum atomic E-state index is -0.233. The van der Waals surface area contributed by atoms with Gasteiger partial charge >= 0.3 is 0 Å². The van der Waals surface area contributed by atoms with E-state index in [9.17, 15) is 9.59 Å². The lowest BCUT2D eigenvalue weighted by Crippen LogP contribution is -2.32. The van der Waals surface area contributed by atoms with Crippen LogP contribution in [0.3, 0.4) is 0 Å². The van der Waals surface area contributed by atoms with Gasteiger partial charge in [-0.15, -0.1) is 0 Å². The molecule has 116 valence electrons. The van der Waals surface area contributed by atoms with Crippen molar-refractivity contribution in [1.82, 2.24) is 15.6 Å². The summed E-state index contributed by atoms with van der Waals surface area (Å²) < 4.78 is 0. The average Bonchev–Trinajstić information content (AvgIpc) is 2.44. The average molecular weight is 292 g/mol. The number of nitrogens with one attached hydrogen (secondary N) is 3. The summed E-state index contributed by atoms with van der Waals surface area (Å²) >= 11 is 0. The lowest BCUT2D eigenvalue weighted by Gasteiger charge is -2.11. The highest BCUT2D eigenvalue weighted by molar-refractivity contribution is 5.99. The van der Waals surface area contributed by atoms with Crippen molar-refractivity contribution in [3.8, 4) is 0 Å². The maximum Gasteiger partial charge on any atom is 0.254 e. The van der Waals surface area contributed by atoms with Crippen molar-refractivity contribution >= 4 is 17.5 Å². The van der Waals surface area contributed by atoms with E-state index >= 15 is 0 Å². The molecule has 1 rings (SSSR count). The fraction of sp³-hybridized carbons (Fsp3) is 0.533. The normalized spacial score (nSPS) is 10.3.